The van der Waals surface area contributed by atoms with E-state index < -0.39 is 5.60 Å². The second-order valence-corrected chi connectivity index (χ2v) is 4.64. The van der Waals surface area contributed by atoms with Crippen LogP contribution in [0.15, 0.2) is 0 Å². The third kappa shape index (κ3) is 11.2. The standard InChI is InChI=1S/C12H23NO4/c1-5-16-10(14)6-8-13-9-7-11(15)17-12(2,3)4/h13H,5-9H2,1-4H3. The molecule has 0 aliphatic heterocycles. The third-order valence-electron chi connectivity index (χ3n) is 1.74. The van der Waals surface area contributed by atoms with Crippen molar-refractivity contribution in [2.24, 2.45) is 0 Å². The Bertz CT molecular complexity index is 245. The molecule has 17 heavy (non-hydrogen) atoms. The van der Waals surface area contributed by atoms with Gasteiger partial charge in [-0.3, -0.25) is 9.59 Å². The SMILES string of the molecule is CCOC(=O)CCNCCC(=O)OC(C)(C)C. The summed E-state index contributed by atoms with van der Waals surface area (Å²) in [6, 6.07) is 0. The van der Waals surface area contributed by atoms with E-state index in [1.165, 1.54) is 0 Å². The Morgan fingerprint density at radius 1 is 1.06 bits per heavy atom. The zero-order valence-electron chi connectivity index (χ0n) is 11.2. The van der Waals surface area contributed by atoms with E-state index in [0.29, 0.717) is 32.5 Å². The molecule has 0 fully saturated rings. The summed E-state index contributed by atoms with van der Waals surface area (Å²) in [7, 11) is 0. The van der Waals surface area contributed by atoms with E-state index in [1.54, 1.807) is 6.92 Å². The van der Waals surface area contributed by atoms with Crippen LogP contribution in [0.5, 0.6) is 0 Å². The molecule has 100 valence electrons. The number of ether oxygens (including phenoxy) is 2. The molecule has 0 aromatic heterocycles. The van der Waals surface area contributed by atoms with Crippen LogP contribution < -0.4 is 5.32 Å². The van der Waals surface area contributed by atoms with Crippen molar-refractivity contribution >= 4 is 11.9 Å². The molecule has 5 heteroatoms. The van der Waals surface area contributed by atoms with Gasteiger partial charge in [-0.2, -0.15) is 0 Å². The predicted octanol–water partition coefficient (Wildman–Crippen LogP) is 1.26. The third-order valence-corrected chi connectivity index (χ3v) is 1.74. The Morgan fingerprint density at radius 2 is 1.59 bits per heavy atom. The summed E-state index contributed by atoms with van der Waals surface area (Å²) in [5.41, 5.74) is -0.442. The van der Waals surface area contributed by atoms with Gasteiger partial charge in [0.2, 0.25) is 0 Å². The molecular weight excluding hydrogens is 222 g/mol. The molecule has 0 radical (unpaired) electrons. The molecule has 0 saturated carbocycles. The van der Waals surface area contributed by atoms with E-state index in [4.69, 9.17) is 9.47 Å². The summed E-state index contributed by atoms with van der Waals surface area (Å²) >= 11 is 0. The Kier molecular flexibility index (Phi) is 7.54. The normalized spacial score (nSPS) is 11.1. The lowest BCUT2D eigenvalue weighted by Crippen LogP contribution is -2.27. The average molecular weight is 245 g/mol. The van der Waals surface area contributed by atoms with Crippen molar-refractivity contribution in [2.75, 3.05) is 19.7 Å². The summed E-state index contributed by atoms with van der Waals surface area (Å²) in [6.07, 6.45) is 0.627. The molecule has 0 aromatic rings. The summed E-state index contributed by atoms with van der Waals surface area (Å²) in [6.45, 7) is 8.69. The lowest BCUT2D eigenvalue weighted by molar-refractivity contribution is -0.154. The largest absolute Gasteiger partial charge is 0.466 e. The van der Waals surface area contributed by atoms with Gasteiger partial charge in [0, 0.05) is 13.1 Å². The van der Waals surface area contributed by atoms with Gasteiger partial charge in [-0.15, -0.1) is 0 Å². The lowest BCUT2D eigenvalue weighted by atomic mass is 10.2. The molecule has 0 aliphatic rings. The Morgan fingerprint density at radius 3 is 2.06 bits per heavy atom. The summed E-state index contributed by atoms with van der Waals surface area (Å²) in [5, 5.41) is 2.99. The first-order chi connectivity index (χ1) is 7.85. The molecule has 5 nitrogen and oxygen atoms in total. The monoisotopic (exact) mass is 245 g/mol. The zero-order valence-corrected chi connectivity index (χ0v) is 11.2. The molecule has 0 heterocycles. The summed E-state index contributed by atoms with van der Waals surface area (Å²) in [4.78, 5) is 22.3. The molecule has 0 unspecified atom stereocenters. The summed E-state index contributed by atoms with van der Waals surface area (Å²) < 4.78 is 9.90. The van der Waals surface area contributed by atoms with Gasteiger partial charge in [-0.05, 0) is 27.7 Å². The number of nitrogens with one attached hydrogen (secondary N) is 1. The van der Waals surface area contributed by atoms with E-state index in [1.807, 2.05) is 20.8 Å². The second kappa shape index (κ2) is 8.06. The Balaban J connectivity index is 3.46. The minimum atomic E-state index is -0.442. The average Bonchev–Trinajstić information content (AvgIpc) is 2.14. The zero-order chi connectivity index (χ0) is 13.3. The van der Waals surface area contributed by atoms with Crippen molar-refractivity contribution in [3.05, 3.63) is 0 Å². The van der Waals surface area contributed by atoms with Gasteiger partial charge >= 0.3 is 11.9 Å². The molecule has 0 saturated heterocycles. The molecule has 0 spiro atoms. The number of hydrogen-bond acceptors (Lipinski definition) is 5. The fourth-order valence-corrected chi connectivity index (χ4v) is 1.13. The Labute approximate surface area is 103 Å². The highest BCUT2D eigenvalue weighted by molar-refractivity contribution is 5.70. The number of esters is 2. The smallest absolute Gasteiger partial charge is 0.307 e. The van der Waals surface area contributed by atoms with Crippen molar-refractivity contribution in [3.63, 3.8) is 0 Å². The van der Waals surface area contributed by atoms with Gasteiger partial charge in [0.05, 0.1) is 19.4 Å². The highest BCUT2D eigenvalue weighted by Gasteiger charge is 2.15. The number of hydrogen-bond donors (Lipinski definition) is 1. The second-order valence-electron chi connectivity index (χ2n) is 4.64. The maximum absolute atomic E-state index is 11.3. The molecule has 1 N–H and O–H groups in total. The molecule has 0 amide bonds. The van der Waals surface area contributed by atoms with Crippen molar-refractivity contribution < 1.29 is 19.1 Å². The first kappa shape index (κ1) is 15.9. The van der Waals surface area contributed by atoms with Crippen molar-refractivity contribution in [3.8, 4) is 0 Å². The van der Waals surface area contributed by atoms with Crippen LogP contribution in [-0.4, -0.2) is 37.2 Å². The van der Waals surface area contributed by atoms with Crippen molar-refractivity contribution in [1.29, 1.82) is 0 Å². The highest BCUT2D eigenvalue weighted by atomic mass is 16.6. The lowest BCUT2D eigenvalue weighted by Gasteiger charge is -2.19. The van der Waals surface area contributed by atoms with Gasteiger partial charge in [-0.25, -0.2) is 0 Å². The van der Waals surface area contributed by atoms with Crippen LogP contribution in [-0.2, 0) is 19.1 Å². The number of carbonyl (C=O) groups excluding carboxylic acids is 2. The maximum Gasteiger partial charge on any atom is 0.307 e. The topological polar surface area (TPSA) is 64.6 Å². The minimum Gasteiger partial charge on any atom is -0.466 e. The van der Waals surface area contributed by atoms with E-state index in [9.17, 15) is 9.59 Å². The van der Waals surface area contributed by atoms with E-state index in [0.717, 1.165) is 0 Å². The molecular formula is C12H23NO4. The fourth-order valence-electron chi connectivity index (χ4n) is 1.13. The van der Waals surface area contributed by atoms with E-state index in [-0.39, 0.29) is 11.9 Å². The molecule has 0 aliphatic carbocycles. The molecule has 0 bridgehead atoms. The highest BCUT2D eigenvalue weighted by Crippen LogP contribution is 2.07. The summed E-state index contributed by atoms with van der Waals surface area (Å²) in [5.74, 6) is -0.460. The van der Waals surface area contributed by atoms with Gasteiger partial charge in [0.25, 0.3) is 0 Å². The fraction of sp³-hybridized carbons (Fsp3) is 0.833. The predicted molar refractivity (Wildman–Crippen MR) is 64.6 cm³/mol. The van der Waals surface area contributed by atoms with Gasteiger partial charge in [0.15, 0.2) is 0 Å². The van der Waals surface area contributed by atoms with Gasteiger partial charge < -0.3 is 14.8 Å². The Hall–Kier alpha value is -1.10. The number of rotatable bonds is 7. The number of carbonyl (C=O) groups is 2. The molecule has 0 aromatic carbocycles. The molecule has 0 rings (SSSR count). The van der Waals surface area contributed by atoms with Crippen LogP contribution in [0.3, 0.4) is 0 Å². The minimum absolute atomic E-state index is 0.225. The van der Waals surface area contributed by atoms with Crippen LogP contribution >= 0.6 is 0 Å². The van der Waals surface area contributed by atoms with Crippen LogP contribution in [0, 0.1) is 0 Å². The van der Waals surface area contributed by atoms with E-state index in [2.05, 4.69) is 5.32 Å². The van der Waals surface area contributed by atoms with Crippen LogP contribution in [0.25, 0.3) is 0 Å². The van der Waals surface area contributed by atoms with E-state index >= 15 is 0 Å². The molecule has 0 atom stereocenters. The van der Waals surface area contributed by atoms with Crippen LogP contribution in [0.1, 0.15) is 40.5 Å². The van der Waals surface area contributed by atoms with Crippen LogP contribution in [0.4, 0.5) is 0 Å². The van der Waals surface area contributed by atoms with Crippen LogP contribution in [0.2, 0.25) is 0 Å². The van der Waals surface area contributed by atoms with Crippen molar-refractivity contribution in [2.45, 2.75) is 46.1 Å². The quantitative estimate of drug-likeness (QED) is 0.540. The first-order valence-corrected chi connectivity index (χ1v) is 5.93. The maximum atomic E-state index is 11.3. The first-order valence-electron chi connectivity index (χ1n) is 5.93. The van der Waals surface area contributed by atoms with Gasteiger partial charge in [-0.1, -0.05) is 0 Å². The van der Waals surface area contributed by atoms with Gasteiger partial charge in [0.1, 0.15) is 5.60 Å². The van der Waals surface area contributed by atoms with Crippen molar-refractivity contribution in [1.82, 2.24) is 5.32 Å².